The van der Waals surface area contributed by atoms with Gasteiger partial charge in [-0.2, -0.15) is 5.10 Å². The van der Waals surface area contributed by atoms with Crippen LogP contribution in [0, 0.1) is 0 Å². The molecule has 0 bridgehead atoms. The third-order valence-corrected chi connectivity index (χ3v) is 5.56. The highest BCUT2D eigenvalue weighted by molar-refractivity contribution is 5.87. The van der Waals surface area contributed by atoms with Crippen molar-refractivity contribution >= 4 is 22.8 Å². The molecule has 1 amide bonds. The standard InChI is InChI=1S/C22H27N5O3/c1-29-12-10-20(28)27-11-9-16(14-27)18-8-7-17-21(25-26-22(17)24-18)23-13-15-5-3-4-6-19(15)30-2/h3-8,16H,9-14H2,1-2H3,(H2,23,24,25,26)/t16-/m0/s1. The van der Waals surface area contributed by atoms with Crippen molar-refractivity contribution in [3.63, 3.8) is 0 Å². The second kappa shape index (κ2) is 9.13. The predicted molar refractivity (Wildman–Crippen MR) is 115 cm³/mol. The first kappa shape index (κ1) is 20.2. The minimum Gasteiger partial charge on any atom is -0.496 e. The molecule has 2 N–H and O–H groups in total. The normalized spacial score (nSPS) is 16.2. The van der Waals surface area contributed by atoms with Crippen LogP contribution in [0.1, 0.15) is 30.0 Å². The van der Waals surface area contributed by atoms with E-state index in [4.69, 9.17) is 14.5 Å². The van der Waals surface area contributed by atoms with Crippen molar-refractivity contribution in [2.75, 3.05) is 39.2 Å². The number of nitrogens with zero attached hydrogens (tertiary/aromatic N) is 3. The van der Waals surface area contributed by atoms with E-state index in [0.717, 1.165) is 46.8 Å². The maximum Gasteiger partial charge on any atom is 0.224 e. The number of hydrogen-bond donors (Lipinski definition) is 2. The molecule has 2 aromatic heterocycles. The van der Waals surface area contributed by atoms with Crippen LogP contribution in [0.4, 0.5) is 5.82 Å². The molecule has 1 saturated heterocycles. The van der Waals surface area contributed by atoms with Gasteiger partial charge in [0.25, 0.3) is 0 Å². The van der Waals surface area contributed by atoms with Crippen molar-refractivity contribution < 1.29 is 14.3 Å². The van der Waals surface area contributed by atoms with E-state index in [2.05, 4.69) is 15.5 Å². The minimum absolute atomic E-state index is 0.143. The molecule has 4 rings (SSSR count). The van der Waals surface area contributed by atoms with E-state index in [1.165, 1.54) is 0 Å². The number of fused-ring (bicyclic) bond motifs is 1. The molecule has 30 heavy (non-hydrogen) atoms. The van der Waals surface area contributed by atoms with Gasteiger partial charge in [-0.25, -0.2) is 4.98 Å². The van der Waals surface area contributed by atoms with Crippen LogP contribution in [0.25, 0.3) is 11.0 Å². The summed E-state index contributed by atoms with van der Waals surface area (Å²) in [6.07, 6.45) is 1.35. The Bertz CT molecular complexity index is 1020. The van der Waals surface area contributed by atoms with E-state index < -0.39 is 0 Å². The second-order valence-corrected chi connectivity index (χ2v) is 7.44. The van der Waals surface area contributed by atoms with E-state index >= 15 is 0 Å². The van der Waals surface area contributed by atoms with Crippen LogP contribution < -0.4 is 10.1 Å². The quantitative estimate of drug-likeness (QED) is 0.594. The lowest BCUT2D eigenvalue weighted by atomic mass is 10.0. The average molecular weight is 409 g/mol. The highest BCUT2D eigenvalue weighted by Crippen LogP contribution is 2.29. The Morgan fingerprint density at radius 1 is 1.27 bits per heavy atom. The molecule has 8 heteroatoms. The molecule has 1 atom stereocenters. The van der Waals surface area contributed by atoms with E-state index in [1.807, 2.05) is 41.3 Å². The number of methoxy groups -OCH3 is 2. The van der Waals surface area contributed by atoms with Crippen LogP contribution in [0.5, 0.6) is 5.75 Å². The van der Waals surface area contributed by atoms with Crippen LogP contribution in [0.3, 0.4) is 0 Å². The number of para-hydroxylation sites is 1. The Hall–Kier alpha value is -3.13. The van der Waals surface area contributed by atoms with Crippen LogP contribution in [0.15, 0.2) is 36.4 Å². The number of ether oxygens (including phenoxy) is 2. The van der Waals surface area contributed by atoms with Crippen LogP contribution in [-0.4, -0.2) is 59.9 Å². The van der Waals surface area contributed by atoms with Gasteiger partial charge in [0.15, 0.2) is 11.5 Å². The highest BCUT2D eigenvalue weighted by Gasteiger charge is 2.28. The number of benzene rings is 1. The number of hydrogen-bond acceptors (Lipinski definition) is 6. The molecule has 0 saturated carbocycles. The summed E-state index contributed by atoms with van der Waals surface area (Å²) in [5.74, 6) is 1.99. The fourth-order valence-corrected chi connectivity index (χ4v) is 3.89. The Balaban J connectivity index is 1.43. The molecule has 1 fully saturated rings. The first-order chi connectivity index (χ1) is 14.7. The summed E-state index contributed by atoms with van der Waals surface area (Å²) in [5.41, 5.74) is 2.80. The summed E-state index contributed by atoms with van der Waals surface area (Å²) in [6.45, 7) is 2.53. The summed E-state index contributed by atoms with van der Waals surface area (Å²) in [7, 11) is 3.28. The Morgan fingerprint density at radius 2 is 2.13 bits per heavy atom. The fourth-order valence-electron chi connectivity index (χ4n) is 3.89. The number of carbonyl (C=O) groups is 1. The third-order valence-electron chi connectivity index (χ3n) is 5.56. The number of likely N-dealkylation sites (tertiary alicyclic amines) is 1. The second-order valence-electron chi connectivity index (χ2n) is 7.44. The zero-order chi connectivity index (χ0) is 20.9. The molecule has 3 aromatic rings. The maximum absolute atomic E-state index is 12.2. The first-order valence-electron chi connectivity index (χ1n) is 10.2. The van der Waals surface area contributed by atoms with Gasteiger partial charge in [-0.05, 0) is 24.6 Å². The summed E-state index contributed by atoms with van der Waals surface area (Å²) in [5, 5.41) is 11.7. The van der Waals surface area contributed by atoms with Gasteiger partial charge in [0.2, 0.25) is 5.91 Å². The molecule has 3 heterocycles. The molecular weight excluding hydrogens is 382 g/mol. The minimum atomic E-state index is 0.143. The van der Waals surface area contributed by atoms with Gasteiger partial charge in [-0.1, -0.05) is 18.2 Å². The third kappa shape index (κ3) is 4.23. The van der Waals surface area contributed by atoms with Gasteiger partial charge in [0, 0.05) is 43.9 Å². The van der Waals surface area contributed by atoms with Crippen molar-refractivity contribution in [2.24, 2.45) is 0 Å². The SMILES string of the molecule is COCCC(=O)N1CC[C@H](c2ccc3c(NCc4ccccc4OC)n[nH]c3n2)C1. The van der Waals surface area contributed by atoms with Crippen LogP contribution >= 0.6 is 0 Å². The first-order valence-corrected chi connectivity index (χ1v) is 10.2. The summed E-state index contributed by atoms with van der Waals surface area (Å²) in [6, 6.07) is 12.0. The molecule has 158 valence electrons. The van der Waals surface area contributed by atoms with Crippen molar-refractivity contribution in [2.45, 2.75) is 25.3 Å². The lowest BCUT2D eigenvalue weighted by molar-refractivity contribution is -0.131. The van der Waals surface area contributed by atoms with Gasteiger partial charge in [-0.15, -0.1) is 0 Å². The Kier molecular flexibility index (Phi) is 6.13. The molecule has 1 aromatic carbocycles. The molecule has 1 aliphatic heterocycles. The molecule has 0 aliphatic carbocycles. The lowest BCUT2D eigenvalue weighted by Crippen LogP contribution is -2.29. The fraction of sp³-hybridized carbons (Fsp3) is 0.409. The van der Waals surface area contributed by atoms with Crippen molar-refractivity contribution in [3.05, 3.63) is 47.7 Å². The van der Waals surface area contributed by atoms with Gasteiger partial charge >= 0.3 is 0 Å². The van der Waals surface area contributed by atoms with Gasteiger partial charge < -0.3 is 19.7 Å². The Morgan fingerprint density at radius 3 is 2.97 bits per heavy atom. The van der Waals surface area contributed by atoms with Crippen LogP contribution in [0.2, 0.25) is 0 Å². The number of nitrogens with one attached hydrogen (secondary N) is 2. The summed E-state index contributed by atoms with van der Waals surface area (Å²) >= 11 is 0. The van der Waals surface area contributed by atoms with Crippen molar-refractivity contribution in [1.82, 2.24) is 20.1 Å². The zero-order valence-corrected chi connectivity index (χ0v) is 17.4. The monoisotopic (exact) mass is 409 g/mol. The van der Waals surface area contributed by atoms with Crippen molar-refractivity contribution in [3.8, 4) is 5.75 Å². The number of aromatic nitrogens is 3. The number of rotatable bonds is 8. The predicted octanol–water partition coefficient (Wildman–Crippen LogP) is 2.93. The van der Waals surface area contributed by atoms with Gasteiger partial charge in [0.05, 0.1) is 25.5 Å². The largest absolute Gasteiger partial charge is 0.496 e. The van der Waals surface area contributed by atoms with Gasteiger partial charge in [0.1, 0.15) is 5.75 Å². The molecule has 8 nitrogen and oxygen atoms in total. The number of carbonyl (C=O) groups excluding carboxylic acids is 1. The zero-order valence-electron chi connectivity index (χ0n) is 17.4. The number of amides is 1. The van der Waals surface area contributed by atoms with Crippen LogP contribution in [-0.2, 0) is 16.1 Å². The molecule has 0 unspecified atom stereocenters. The number of aromatic amines is 1. The van der Waals surface area contributed by atoms with E-state index in [9.17, 15) is 4.79 Å². The van der Waals surface area contributed by atoms with E-state index in [0.29, 0.717) is 26.1 Å². The average Bonchev–Trinajstić information content (AvgIpc) is 3.43. The summed E-state index contributed by atoms with van der Waals surface area (Å²) in [4.78, 5) is 18.9. The lowest BCUT2D eigenvalue weighted by Gasteiger charge is -2.16. The maximum atomic E-state index is 12.2. The van der Waals surface area contributed by atoms with Crippen molar-refractivity contribution in [1.29, 1.82) is 0 Å². The number of H-pyrrole nitrogens is 1. The Labute approximate surface area is 175 Å². The van der Waals surface area contributed by atoms with E-state index in [1.54, 1.807) is 14.2 Å². The smallest absolute Gasteiger partial charge is 0.224 e. The number of anilines is 1. The molecule has 0 spiro atoms. The topological polar surface area (TPSA) is 92.4 Å². The summed E-state index contributed by atoms with van der Waals surface area (Å²) < 4.78 is 10.4. The molecular formula is C22H27N5O3. The van der Waals surface area contributed by atoms with Gasteiger partial charge in [-0.3, -0.25) is 9.89 Å². The van der Waals surface area contributed by atoms with E-state index in [-0.39, 0.29) is 11.8 Å². The number of pyridine rings is 1. The molecule has 0 radical (unpaired) electrons. The molecule has 1 aliphatic rings. The highest BCUT2D eigenvalue weighted by atomic mass is 16.5.